The Morgan fingerprint density at radius 1 is 1.67 bits per heavy atom. The number of aryl methyl sites for hydroxylation is 1. The largest absolute Gasteiger partial charge is 0.396 e. The van der Waals surface area contributed by atoms with Crippen LogP contribution in [-0.4, -0.2) is 21.3 Å². The van der Waals surface area contributed by atoms with Crippen molar-refractivity contribution in [3.05, 3.63) is 26.4 Å². The molecule has 4 nitrogen and oxygen atoms in total. The van der Waals surface area contributed by atoms with E-state index in [1.807, 2.05) is 22.6 Å². The lowest BCUT2D eigenvalue weighted by molar-refractivity contribution is 0.278. The first kappa shape index (κ1) is 9.66. The van der Waals surface area contributed by atoms with E-state index in [4.69, 9.17) is 5.11 Å². The van der Waals surface area contributed by atoms with Gasteiger partial charge < -0.3 is 5.11 Å². The molecule has 0 unspecified atom stereocenters. The number of aliphatic hydroxyl groups is 1. The molecule has 1 rings (SSSR count). The van der Waals surface area contributed by atoms with E-state index in [9.17, 15) is 4.79 Å². The van der Waals surface area contributed by atoms with E-state index in [2.05, 4.69) is 4.98 Å². The summed E-state index contributed by atoms with van der Waals surface area (Å²) < 4.78 is 2.10. The fourth-order valence-corrected chi connectivity index (χ4v) is 1.30. The summed E-state index contributed by atoms with van der Waals surface area (Å²) in [6, 6.07) is 0. The Morgan fingerprint density at radius 2 is 2.42 bits per heavy atom. The molecular formula is C7H9IN2O2. The molecule has 0 fully saturated rings. The molecule has 0 spiro atoms. The Balaban J connectivity index is 2.85. The smallest absolute Gasteiger partial charge is 0.266 e. The highest BCUT2D eigenvalue weighted by Crippen LogP contribution is 1.93. The molecule has 0 atom stereocenters. The third-order valence-corrected chi connectivity index (χ3v) is 2.16. The monoisotopic (exact) mass is 280 g/mol. The van der Waals surface area contributed by atoms with E-state index in [-0.39, 0.29) is 12.2 Å². The maximum Gasteiger partial charge on any atom is 0.266 e. The Hall–Kier alpha value is -0.430. The number of halogens is 1. The average molecular weight is 280 g/mol. The maximum absolute atomic E-state index is 11.3. The van der Waals surface area contributed by atoms with Crippen molar-refractivity contribution in [2.24, 2.45) is 0 Å². The lowest BCUT2D eigenvalue weighted by Gasteiger charge is -2.02. The van der Waals surface area contributed by atoms with Crippen LogP contribution in [0.4, 0.5) is 0 Å². The van der Waals surface area contributed by atoms with Gasteiger partial charge in [0.05, 0.1) is 9.90 Å². The molecule has 0 amide bonds. The highest BCUT2D eigenvalue weighted by Gasteiger charge is 1.98. The molecule has 1 aromatic heterocycles. The lowest BCUT2D eigenvalue weighted by Crippen LogP contribution is -2.22. The molecule has 1 heterocycles. The second-order valence-corrected chi connectivity index (χ2v) is 3.48. The van der Waals surface area contributed by atoms with Gasteiger partial charge in [0.2, 0.25) is 0 Å². The van der Waals surface area contributed by atoms with E-state index in [0.29, 0.717) is 16.5 Å². The van der Waals surface area contributed by atoms with Gasteiger partial charge in [0.25, 0.3) is 5.56 Å². The first-order valence-corrected chi connectivity index (χ1v) is 4.64. The predicted molar refractivity (Wildman–Crippen MR) is 52.9 cm³/mol. The summed E-state index contributed by atoms with van der Waals surface area (Å²) in [5, 5.41) is 8.55. The molecule has 0 aromatic carbocycles. The van der Waals surface area contributed by atoms with Crippen molar-refractivity contribution in [3.63, 3.8) is 0 Å². The van der Waals surface area contributed by atoms with Gasteiger partial charge in [-0.05, 0) is 29.0 Å². The number of hydrogen-bond donors (Lipinski definition) is 1. The lowest BCUT2D eigenvalue weighted by atomic mass is 10.4. The molecule has 1 aromatic rings. The number of aliphatic hydroxyl groups excluding tert-OH is 1. The zero-order chi connectivity index (χ0) is 8.97. The summed E-state index contributed by atoms with van der Waals surface area (Å²) in [5.74, 6) is 0. The van der Waals surface area contributed by atoms with Crippen LogP contribution in [0.15, 0.2) is 17.3 Å². The number of hydrogen-bond acceptors (Lipinski definition) is 3. The Kier molecular flexibility index (Phi) is 3.67. The van der Waals surface area contributed by atoms with Crippen LogP contribution < -0.4 is 5.56 Å². The van der Waals surface area contributed by atoms with Crippen LogP contribution in [0.2, 0.25) is 0 Å². The van der Waals surface area contributed by atoms with E-state index in [1.54, 1.807) is 0 Å². The Labute approximate surface area is 83.4 Å². The summed E-state index contributed by atoms with van der Waals surface area (Å²) >= 11 is 1.94. The standard InChI is InChI=1S/C7H9IN2O2/c8-6-4-9-5-10(7(6)12)2-1-3-11/h4-5,11H,1-3H2. The second kappa shape index (κ2) is 4.56. The van der Waals surface area contributed by atoms with Crippen LogP contribution in [-0.2, 0) is 6.54 Å². The summed E-state index contributed by atoms with van der Waals surface area (Å²) in [7, 11) is 0. The van der Waals surface area contributed by atoms with E-state index < -0.39 is 0 Å². The second-order valence-electron chi connectivity index (χ2n) is 2.32. The van der Waals surface area contributed by atoms with Crippen molar-refractivity contribution in [1.29, 1.82) is 0 Å². The fourth-order valence-electron chi connectivity index (χ4n) is 0.824. The van der Waals surface area contributed by atoms with Gasteiger partial charge in [-0.2, -0.15) is 0 Å². The summed E-state index contributed by atoms with van der Waals surface area (Å²) in [6.07, 6.45) is 3.60. The summed E-state index contributed by atoms with van der Waals surface area (Å²) in [5.41, 5.74) is -0.0425. The van der Waals surface area contributed by atoms with Crippen molar-refractivity contribution in [1.82, 2.24) is 9.55 Å². The molecule has 66 valence electrons. The van der Waals surface area contributed by atoms with Crippen molar-refractivity contribution in [3.8, 4) is 0 Å². The molecule has 0 saturated heterocycles. The third-order valence-electron chi connectivity index (χ3n) is 1.42. The SMILES string of the molecule is O=c1c(I)cncn1CCCO. The normalized spacial score (nSPS) is 10.2. The number of nitrogens with zero attached hydrogens (tertiary/aromatic N) is 2. The van der Waals surface area contributed by atoms with Crippen LogP contribution >= 0.6 is 22.6 Å². The molecule has 0 aliphatic heterocycles. The van der Waals surface area contributed by atoms with E-state index in [0.717, 1.165) is 0 Å². The Morgan fingerprint density at radius 3 is 3.08 bits per heavy atom. The van der Waals surface area contributed by atoms with Gasteiger partial charge in [-0.25, -0.2) is 4.98 Å². The number of rotatable bonds is 3. The van der Waals surface area contributed by atoms with E-state index >= 15 is 0 Å². The molecule has 12 heavy (non-hydrogen) atoms. The molecule has 1 N–H and O–H groups in total. The minimum absolute atomic E-state index is 0.0425. The van der Waals surface area contributed by atoms with E-state index in [1.165, 1.54) is 17.1 Å². The number of aromatic nitrogens is 2. The zero-order valence-electron chi connectivity index (χ0n) is 6.40. The minimum Gasteiger partial charge on any atom is -0.396 e. The van der Waals surface area contributed by atoms with Crippen molar-refractivity contribution >= 4 is 22.6 Å². The van der Waals surface area contributed by atoms with Crippen molar-refractivity contribution < 1.29 is 5.11 Å². The maximum atomic E-state index is 11.3. The van der Waals surface area contributed by atoms with Crippen LogP contribution in [0, 0.1) is 3.57 Å². The van der Waals surface area contributed by atoms with Crippen LogP contribution in [0.1, 0.15) is 6.42 Å². The summed E-state index contributed by atoms with van der Waals surface area (Å²) in [6.45, 7) is 0.622. The van der Waals surface area contributed by atoms with Gasteiger partial charge >= 0.3 is 0 Å². The molecule has 0 aliphatic carbocycles. The van der Waals surface area contributed by atoms with Crippen molar-refractivity contribution in [2.45, 2.75) is 13.0 Å². The van der Waals surface area contributed by atoms with Gasteiger partial charge in [0, 0.05) is 19.3 Å². The molecule has 5 heteroatoms. The first-order chi connectivity index (χ1) is 5.75. The van der Waals surface area contributed by atoms with Crippen LogP contribution in [0.25, 0.3) is 0 Å². The van der Waals surface area contributed by atoms with Crippen molar-refractivity contribution in [2.75, 3.05) is 6.61 Å². The molecule has 0 radical (unpaired) electrons. The summed E-state index contributed by atoms with van der Waals surface area (Å²) in [4.78, 5) is 15.2. The highest BCUT2D eigenvalue weighted by atomic mass is 127. The quantitative estimate of drug-likeness (QED) is 0.806. The fraction of sp³-hybridized carbons (Fsp3) is 0.429. The average Bonchev–Trinajstić information content (AvgIpc) is 2.08. The minimum atomic E-state index is -0.0425. The predicted octanol–water partition coefficient (Wildman–Crippen LogP) is 0.230. The Bertz CT molecular complexity index is 311. The molecule has 0 bridgehead atoms. The van der Waals surface area contributed by atoms with Gasteiger partial charge in [-0.3, -0.25) is 9.36 Å². The van der Waals surface area contributed by atoms with Gasteiger partial charge in [0.15, 0.2) is 0 Å². The molecule has 0 saturated carbocycles. The highest BCUT2D eigenvalue weighted by molar-refractivity contribution is 14.1. The first-order valence-electron chi connectivity index (χ1n) is 3.56. The zero-order valence-corrected chi connectivity index (χ0v) is 8.56. The third kappa shape index (κ3) is 2.28. The van der Waals surface area contributed by atoms with Gasteiger partial charge in [-0.15, -0.1) is 0 Å². The van der Waals surface area contributed by atoms with Crippen LogP contribution in [0.3, 0.4) is 0 Å². The topological polar surface area (TPSA) is 55.1 Å². The molecule has 0 aliphatic rings. The van der Waals surface area contributed by atoms with Gasteiger partial charge in [-0.1, -0.05) is 0 Å². The van der Waals surface area contributed by atoms with Crippen LogP contribution in [0.5, 0.6) is 0 Å². The van der Waals surface area contributed by atoms with Gasteiger partial charge in [0.1, 0.15) is 0 Å². The molecular weight excluding hydrogens is 271 g/mol.